The molecule has 1 aromatic carbocycles. The number of ketones is 1. The first-order valence-corrected chi connectivity index (χ1v) is 12.7. The van der Waals surface area contributed by atoms with Crippen molar-refractivity contribution in [3.05, 3.63) is 41.3 Å². The van der Waals surface area contributed by atoms with Crippen LogP contribution in [-0.4, -0.2) is 73.7 Å². The molecule has 0 saturated carbocycles. The van der Waals surface area contributed by atoms with Crippen LogP contribution in [0.3, 0.4) is 0 Å². The summed E-state index contributed by atoms with van der Waals surface area (Å²) in [6.45, 7) is 8.11. The van der Waals surface area contributed by atoms with Gasteiger partial charge in [0.15, 0.2) is 11.5 Å². The molecule has 3 heterocycles. The highest BCUT2D eigenvalue weighted by molar-refractivity contribution is 7.89. The van der Waals surface area contributed by atoms with Crippen molar-refractivity contribution >= 4 is 27.4 Å². The molecule has 0 atom stereocenters. The zero-order chi connectivity index (χ0) is 23.8. The van der Waals surface area contributed by atoms with Crippen LogP contribution in [0.15, 0.2) is 33.7 Å². The molecule has 0 spiro atoms. The number of hydrogen-bond acceptors (Lipinski definition) is 7. The number of piperidine rings is 1. The number of benzene rings is 1. The van der Waals surface area contributed by atoms with Crippen LogP contribution in [0, 0.1) is 19.8 Å². The molecule has 1 aromatic heterocycles. The summed E-state index contributed by atoms with van der Waals surface area (Å²) in [6.07, 6.45) is 1.02. The van der Waals surface area contributed by atoms with Crippen LogP contribution < -0.4 is 4.90 Å². The van der Waals surface area contributed by atoms with Gasteiger partial charge in [-0.15, -0.1) is 0 Å². The summed E-state index contributed by atoms with van der Waals surface area (Å²) in [5, 5.41) is 3.76. The Hall–Kier alpha value is -2.72. The molecule has 2 aliphatic heterocycles. The third kappa shape index (κ3) is 4.67. The number of aromatic nitrogens is 1. The van der Waals surface area contributed by atoms with E-state index in [4.69, 9.17) is 4.52 Å². The molecule has 2 aromatic rings. The third-order valence-corrected chi connectivity index (χ3v) is 8.74. The zero-order valence-electron chi connectivity index (χ0n) is 19.3. The highest BCUT2D eigenvalue weighted by Crippen LogP contribution is 2.29. The van der Waals surface area contributed by atoms with Gasteiger partial charge in [-0.05, 0) is 57.9 Å². The molecule has 1 amide bonds. The number of carbonyl (C=O) groups excluding carboxylic acids is 2. The molecular formula is C23H30N4O5S. The Labute approximate surface area is 194 Å². The van der Waals surface area contributed by atoms with Gasteiger partial charge >= 0.3 is 0 Å². The summed E-state index contributed by atoms with van der Waals surface area (Å²) < 4.78 is 32.5. The van der Waals surface area contributed by atoms with Crippen molar-refractivity contribution < 1.29 is 22.5 Å². The minimum atomic E-state index is -3.68. The lowest BCUT2D eigenvalue weighted by molar-refractivity contribution is -0.137. The molecule has 4 rings (SSSR count). The Morgan fingerprint density at radius 3 is 2.09 bits per heavy atom. The van der Waals surface area contributed by atoms with Crippen LogP contribution in [0.2, 0.25) is 0 Å². The monoisotopic (exact) mass is 474 g/mol. The quantitative estimate of drug-likeness (QED) is 0.612. The van der Waals surface area contributed by atoms with Crippen molar-refractivity contribution in [1.29, 1.82) is 0 Å². The van der Waals surface area contributed by atoms with E-state index >= 15 is 0 Å². The topological polar surface area (TPSA) is 104 Å². The average molecular weight is 475 g/mol. The molecule has 2 fully saturated rings. The number of rotatable bonds is 5. The van der Waals surface area contributed by atoms with Crippen molar-refractivity contribution in [1.82, 2.24) is 14.4 Å². The number of Topliss-reactive ketones (excluding diaryl/α,β-unsaturated/α-hetero) is 1. The molecule has 0 bridgehead atoms. The molecule has 9 nitrogen and oxygen atoms in total. The molecule has 33 heavy (non-hydrogen) atoms. The van der Waals surface area contributed by atoms with E-state index in [1.165, 1.54) is 4.31 Å². The summed E-state index contributed by atoms with van der Waals surface area (Å²) in [7, 11) is -3.68. The highest BCUT2D eigenvalue weighted by atomic mass is 32.2. The molecule has 10 heteroatoms. The largest absolute Gasteiger partial charge is 0.368 e. The van der Waals surface area contributed by atoms with Gasteiger partial charge in [-0.1, -0.05) is 5.16 Å². The minimum Gasteiger partial charge on any atom is -0.368 e. The van der Waals surface area contributed by atoms with E-state index in [9.17, 15) is 18.0 Å². The van der Waals surface area contributed by atoms with Gasteiger partial charge in [0.05, 0.1) is 0 Å². The van der Waals surface area contributed by atoms with Crippen molar-refractivity contribution in [2.45, 2.75) is 38.5 Å². The predicted molar refractivity (Wildman–Crippen MR) is 123 cm³/mol. The van der Waals surface area contributed by atoms with Gasteiger partial charge in [-0.3, -0.25) is 9.59 Å². The summed E-state index contributed by atoms with van der Waals surface area (Å²) in [5.74, 6) is 0.278. The fourth-order valence-corrected chi connectivity index (χ4v) is 6.43. The Kier molecular flexibility index (Phi) is 6.58. The second-order valence-electron chi connectivity index (χ2n) is 8.75. The lowest BCUT2D eigenvalue weighted by atomic mass is 9.96. The van der Waals surface area contributed by atoms with Gasteiger partial charge in [0.1, 0.15) is 10.6 Å². The summed E-state index contributed by atoms with van der Waals surface area (Å²) in [5.41, 5.74) is 2.10. The molecule has 0 N–H and O–H groups in total. The average Bonchev–Trinajstić information content (AvgIpc) is 3.17. The Balaban J connectivity index is 1.31. The number of carbonyl (C=O) groups is 2. The lowest BCUT2D eigenvalue weighted by Crippen LogP contribution is -2.52. The Morgan fingerprint density at radius 2 is 1.58 bits per heavy atom. The lowest BCUT2D eigenvalue weighted by Gasteiger charge is -2.39. The van der Waals surface area contributed by atoms with E-state index in [-0.39, 0.29) is 22.5 Å². The number of aryl methyl sites for hydroxylation is 2. The molecule has 0 aliphatic carbocycles. The van der Waals surface area contributed by atoms with Gasteiger partial charge in [0.2, 0.25) is 15.9 Å². The molecule has 0 unspecified atom stereocenters. The van der Waals surface area contributed by atoms with Gasteiger partial charge in [0.25, 0.3) is 0 Å². The number of anilines is 1. The van der Waals surface area contributed by atoms with E-state index in [0.717, 1.165) is 18.8 Å². The van der Waals surface area contributed by atoms with Crippen molar-refractivity contribution in [2.75, 3.05) is 44.2 Å². The van der Waals surface area contributed by atoms with E-state index in [2.05, 4.69) is 10.1 Å². The second kappa shape index (κ2) is 9.26. The van der Waals surface area contributed by atoms with Crippen molar-refractivity contribution in [2.24, 2.45) is 5.92 Å². The van der Waals surface area contributed by atoms with Crippen LogP contribution in [0.5, 0.6) is 0 Å². The Bertz CT molecular complexity index is 1110. The molecule has 0 radical (unpaired) electrons. The number of piperazine rings is 1. The smallest absolute Gasteiger partial charge is 0.248 e. The van der Waals surface area contributed by atoms with Crippen LogP contribution in [0.4, 0.5) is 5.69 Å². The normalized spacial score (nSPS) is 18.5. The first-order valence-electron chi connectivity index (χ1n) is 11.3. The molecule has 178 valence electrons. The van der Waals surface area contributed by atoms with E-state index < -0.39 is 10.0 Å². The maximum atomic E-state index is 13.1. The highest BCUT2D eigenvalue weighted by Gasteiger charge is 2.37. The van der Waals surface area contributed by atoms with Crippen molar-refractivity contribution in [3.63, 3.8) is 0 Å². The molecule has 2 aliphatic rings. The van der Waals surface area contributed by atoms with E-state index in [1.54, 1.807) is 20.8 Å². The van der Waals surface area contributed by atoms with Gasteiger partial charge in [-0.25, -0.2) is 8.42 Å². The number of nitrogens with zero attached hydrogens (tertiary/aromatic N) is 4. The van der Waals surface area contributed by atoms with Crippen LogP contribution in [-0.2, 0) is 14.8 Å². The van der Waals surface area contributed by atoms with Crippen LogP contribution in [0.25, 0.3) is 0 Å². The maximum Gasteiger partial charge on any atom is 0.248 e. The fourth-order valence-electron chi connectivity index (χ4n) is 4.67. The summed E-state index contributed by atoms with van der Waals surface area (Å²) in [4.78, 5) is 28.8. The first kappa shape index (κ1) is 23.4. The molecule has 2 saturated heterocycles. The maximum absolute atomic E-state index is 13.1. The van der Waals surface area contributed by atoms with Gasteiger partial charge < -0.3 is 14.3 Å². The van der Waals surface area contributed by atoms with Crippen molar-refractivity contribution in [3.8, 4) is 0 Å². The van der Waals surface area contributed by atoms with Gasteiger partial charge in [-0.2, -0.15) is 4.31 Å². The second-order valence-corrected chi connectivity index (χ2v) is 10.6. The van der Waals surface area contributed by atoms with Crippen LogP contribution >= 0.6 is 0 Å². The third-order valence-electron chi connectivity index (χ3n) is 6.60. The van der Waals surface area contributed by atoms with Crippen LogP contribution in [0.1, 0.15) is 41.6 Å². The minimum absolute atomic E-state index is 0.0440. The fraction of sp³-hybridized carbons (Fsp3) is 0.522. The SMILES string of the molecule is CC(=O)c1ccc(N2CCN(C(=O)C3CCN(S(=O)(=O)c4c(C)noc4C)CC3)CC2)cc1. The first-order chi connectivity index (χ1) is 15.7. The van der Waals surface area contributed by atoms with E-state index in [0.29, 0.717) is 56.0 Å². The number of hydrogen-bond donors (Lipinski definition) is 0. The predicted octanol–water partition coefficient (Wildman–Crippen LogP) is 2.24. The Morgan fingerprint density at radius 1 is 0.970 bits per heavy atom. The number of sulfonamides is 1. The van der Waals surface area contributed by atoms with E-state index in [1.807, 2.05) is 29.2 Å². The molecular weight excluding hydrogens is 444 g/mol. The summed E-state index contributed by atoms with van der Waals surface area (Å²) >= 11 is 0. The zero-order valence-corrected chi connectivity index (χ0v) is 20.1. The number of amides is 1. The standard InChI is InChI=1S/C23H30N4O5S/c1-16-22(18(3)32-24-16)33(30,31)27-10-8-20(9-11-27)23(29)26-14-12-25(13-15-26)21-6-4-19(5-7-21)17(2)28/h4-7,20H,8-15H2,1-3H3. The van der Waals surface area contributed by atoms with Gasteiger partial charge in [0, 0.05) is 56.4 Å². The summed E-state index contributed by atoms with van der Waals surface area (Å²) in [6, 6.07) is 7.56.